The van der Waals surface area contributed by atoms with Gasteiger partial charge >= 0.3 is 0 Å². The Hall–Kier alpha value is -3.61. The molecule has 29 heavy (non-hydrogen) atoms. The summed E-state index contributed by atoms with van der Waals surface area (Å²) in [5.41, 5.74) is 10.0. The van der Waals surface area contributed by atoms with Gasteiger partial charge in [0.25, 0.3) is 5.56 Å². The SMILES string of the molecule is CCn1c(NNC(=O)Cc2c(C)[nH]c3ccc(C)cc23)nc2ccccc2c1=O. The van der Waals surface area contributed by atoms with Gasteiger partial charge in [0, 0.05) is 23.1 Å². The van der Waals surface area contributed by atoms with E-state index in [4.69, 9.17) is 0 Å². The van der Waals surface area contributed by atoms with Crippen LogP contribution in [-0.2, 0) is 17.8 Å². The van der Waals surface area contributed by atoms with Crippen LogP contribution in [0.5, 0.6) is 0 Å². The number of H-pyrrole nitrogens is 1. The van der Waals surface area contributed by atoms with Gasteiger partial charge in [-0.05, 0) is 50.6 Å². The van der Waals surface area contributed by atoms with Crippen molar-refractivity contribution in [3.05, 3.63) is 69.6 Å². The molecule has 0 saturated heterocycles. The number of carbonyl (C=O) groups is 1. The second-order valence-electron chi connectivity index (χ2n) is 7.13. The molecule has 0 aliphatic heterocycles. The van der Waals surface area contributed by atoms with Gasteiger partial charge in [-0.3, -0.25) is 25.0 Å². The van der Waals surface area contributed by atoms with Crippen molar-refractivity contribution in [1.29, 1.82) is 0 Å². The number of carbonyl (C=O) groups excluding carboxylic acids is 1. The van der Waals surface area contributed by atoms with E-state index in [-0.39, 0.29) is 17.9 Å². The first-order chi connectivity index (χ1) is 14.0. The zero-order chi connectivity index (χ0) is 20.5. The number of aryl methyl sites for hydroxylation is 2. The number of nitrogens with zero attached hydrogens (tertiary/aromatic N) is 2. The van der Waals surface area contributed by atoms with E-state index in [1.54, 1.807) is 12.1 Å². The monoisotopic (exact) mass is 389 g/mol. The van der Waals surface area contributed by atoms with Gasteiger partial charge in [-0.2, -0.15) is 0 Å². The first-order valence-corrected chi connectivity index (χ1v) is 9.60. The molecule has 0 aliphatic rings. The third-order valence-electron chi connectivity index (χ3n) is 5.10. The molecule has 0 atom stereocenters. The molecule has 0 spiro atoms. The fourth-order valence-electron chi connectivity index (χ4n) is 3.61. The molecule has 2 aromatic carbocycles. The number of hydrogen-bond donors (Lipinski definition) is 3. The number of fused-ring (bicyclic) bond motifs is 2. The summed E-state index contributed by atoms with van der Waals surface area (Å²) in [7, 11) is 0. The summed E-state index contributed by atoms with van der Waals surface area (Å²) in [6.07, 6.45) is 0.215. The molecule has 0 aliphatic carbocycles. The minimum Gasteiger partial charge on any atom is -0.358 e. The zero-order valence-electron chi connectivity index (χ0n) is 16.7. The fraction of sp³-hybridized carbons (Fsp3) is 0.227. The van der Waals surface area contributed by atoms with Crippen LogP contribution in [0.25, 0.3) is 21.8 Å². The molecule has 4 rings (SSSR count). The third-order valence-corrected chi connectivity index (χ3v) is 5.10. The first kappa shape index (κ1) is 18.7. The van der Waals surface area contributed by atoms with Crippen molar-refractivity contribution in [1.82, 2.24) is 20.0 Å². The maximum absolute atomic E-state index is 12.7. The highest BCUT2D eigenvalue weighted by molar-refractivity contribution is 5.90. The largest absolute Gasteiger partial charge is 0.358 e. The molecular weight excluding hydrogens is 366 g/mol. The molecule has 0 fully saturated rings. The maximum atomic E-state index is 12.7. The smallest absolute Gasteiger partial charge is 0.262 e. The Kier molecular flexibility index (Phi) is 4.80. The van der Waals surface area contributed by atoms with E-state index >= 15 is 0 Å². The number of para-hydroxylation sites is 1. The molecular formula is C22H23N5O2. The highest BCUT2D eigenvalue weighted by Crippen LogP contribution is 2.23. The number of rotatable bonds is 5. The van der Waals surface area contributed by atoms with Crippen LogP contribution in [0.1, 0.15) is 23.7 Å². The van der Waals surface area contributed by atoms with Gasteiger partial charge < -0.3 is 4.98 Å². The molecule has 7 heteroatoms. The van der Waals surface area contributed by atoms with Gasteiger partial charge in [0.05, 0.1) is 17.3 Å². The van der Waals surface area contributed by atoms with E-state index < -0.39 is 0 Å². The minimum absolute atomic E-state index is 0.141. The lowest BCUT2D eigenvalue weighted by Crippen LogP contribution is -2.35. The zero-order valence-corrected chi connectivity index (χ0v) is 16.7. The van der Waals surface area contributed by atoms with Gasteiger partial charge in [-0.1, -0.05) is 23.8 Å². The molecule has 4 aromatic rings. The van der Waals surface area contributed by atoms with Crippen LogP contribution in [0, 0.1) is 13.8 Å². The second kappa shape index (κ2) is 7.43. The number of hydrazine groups is 1. The van der Waals surface area contributed by atoms with Gasteiger partial charge in [-0.15, -0.1) is 0 Å². The van der Waals surface area contributed by atoms with Crippen molar-refractivity contribution in [3.8, 4) is 0 Å². The molecule has 0 radical (unpaired) electrons. The number of benzene rings is 2. The van der Waals surface area contributed by atoms with Crippen molar-refractivity contribution in [2.45, 2.75) is 33.7 Å². The molecule has 0 bridgehead atoms. The second-order valence-corrected chi connectivity index (χ2v) is 7.13. The Morgan fingerprint density at radius 3 is 2.72 bits per heavy atom. The first-order valence-electron chi connectivity index (χ1n) is 9.60. The molecule has 7 nitrogen and oxygen atoms in total. The normalized spacial score (nSPS) is 11.1. The summed E-state index contributed by atoms with van der Waals surface area (Å²) < 4.78 is 1.50. The Labute approximate surface area is 167 Å². The summed E-state index contributed by atoms with van der Waals surface area (Å²) in [5.74, 6) is 0.108. The van der Waals surface area contributed by atoms with E-state index in [9.17, 15) is 9.59 Å². The van der Waals surface area contributed by atoms with E-state index in [0.717, 1.165) is 27.7 Å². The van der Waals surface area contributed by atoms with Crippen LogP contribution in [0.3, 0.4) is 0 Å². The van der Waals surface area contributed by atoms with E-state index in [1.807, 2.05) is 45.0 Å². The van der Waals surface area contributed by atoms with Crippen LogP contribution in [0.2, 0.25) is 0 Å². The standard InChI is InChI=1S/C22H23N5O2/c1-4-27-21(29)15-7-5-6-8-18(15)24-22(27)26-25-20(28)12-16-14(3)23-19-10-9-13(2)11-17(16)19/h5-11,23H,4,12H2,1-3H3,(H,24,26)(H,25,28). The summed E-state index contributed by atoms with van der Waals surface area (Å²) in [5, 5.41) is 1.60. The van der Waals surface area contributed by atoms with Gasteiger partial charge in [-0.25, -0.2) is 4.98 Å². The van der Waals surface area contributed by atoms with Crippen LogP contribution < -0.4 is 16.4 Å². The predicted molar refractivity (Wildman–Crippen MR) is 115 cm³/mol. The quantitative estimate of drug-likeness (QED) is 0.457. The van der Waals surface area contributed by atoms with E-state index in [2.05, 4.69) is 26.9 Å². The fourth-order valence-corrected chi connectivity index (χ4v) is 3.61. The van der Waals surface area contributed by atoms with Gasteiger partial charge in [0.15, 0.2) is 0 Å². The molecule has 1 amide bonds. The molecule has 3 N–H and O–H groups in total. The Morgan fingerprint density at radius 2 is 1.93 bits per heavy atom. The van der Waals surface area contributed by atoms with Gasteiger partial charge in [0.1, 0.15) is 0 Å². The molecule has 0 unspecified atom stereocenters. The summed E-state index contributed by atoms with van der Waals surface area (Å²) in [6, 6.07) is 13.3. The average Bonchev–Trinajstić information content (AvgIpc) is 3.01. The Balaban J connectivity index is 1.57. The topological polar surface area (TPSA) is 91.8 Å². The maximum Gasteiger partial charge on any atom is 0.262 e. The van der Waals surface area contributed by atoms with Crippen LogP contribution in [-0.4, -0.2) is 20.4 Å². The van der Waals surface area contributed by atoms with Crippen molar-refractivity contribution >= 4 is 33.7 Å². The van der Waals surface area contributed by atoms with Gasteiger partial charge in [0.2, 0.25) is 11.9 Å². The lowest BCUT2D eigenvalue weighted by atomic mass is 10.1. The predicted octanol–water partition coefficient (Wildman–Crippen LogP) is 3.20. The summed E-state index contributed by atoms with van der Waals surface area (Å²) >= 11 is 0. The summed E-state index contributed by atoms with van der Waals surface area (Å²) in [4.78, 5) is 33.1. The molecule has 148 valence electrons. The Bertz CT molecular complexity index is 1290. The number of aromatic nitrogens is 3. The number of nitrogens with one attached hydrogen (secondary N) is 3. The minimum atomic E-state index is -0.208. The lowest BCUT2D eigenvalue weighted by Gasteiger charge is -2.14. The summed E-state index contributed by atoms with van der Waals surface area (Å²) in [6.45, 7) is 6.30. The van der Waals surface area contributed by atoms with Crippen LogP contribution >= 0.6 is 0 Å². The molecule has 0 saturated carbocycles. The van der Waals surface area contributed by atoms with Crippen molar-refractivity contribution in [3.63, 3.8) is 0 Å². The van der Waals surface area contributed by atoms with Crippen molar-refractivity contribution in [2.24, 2.45) is 0 Å². The molecule has 2 aromatic heterocycles. The number of anilines is 1. The van der Waals surface area contributed by atoms with Crippen LogP contribution in [0.15, 0.2) is 47.3 Å². The number of hydrogen-bond acceptors (Lipinski definition) is 4. The third kappa shape index (κ3) is 3.47. The number of aromatic amines is 1. The van der Waals surface area contributed by atoms with E-state index in [1.165, 1.54) is 4.57 Å². The average molecular weight is 389 g/mol. The highest BCUT2D eigenvalue weighted by Gasteiger charge is 2.14. The van der Waals surface area contributed by atoms with Crippen molar-refractivity contribution in [2.75, 3.05) is 5.43 Å². The Morgan fingerprint density at radius 1 is 1.14 bits per heavy atom. The number of amides is 1. The van der Waals surface area contributed by atoms with Crippen LogP contribution in [0.4, 0.5) is 5.95 Å². The highest BCUT2D eigenvalue weighted by atomic mass is 16.2. The molecule has 2 heterocycles. The van der Waals surface area contributed by atoms with Crippen molar-refractivity contribution < 1.29 is 4.79 Å². The lowest BCUT2D eigenvalue weighted by molar-refractivity contribution is -0.119. The van der Waals surface area contributed by atoms with E-state index in [0.29, 0.717) is 23.4 Å².